The van der Waals surface area contributed by atoms with Gasteiger partial charge in [-0.25, -0.2) is 0 Å². The van der Waals surface area contributed by atoms with Crippen molar-refractivity contribution in [1.82, 2.24) is 0 Å². The van der Waals surface area contributed by atoms with Crippen molar-refractivity contribution >= 4 is 12.6 Å². The van der Waals surface area contributed by atoms with Gasteiger partial charge in [0.25, 0.3) is 0 Å². The molecule has 3 rings (SSSR count). The maximum atomic E-state index is 5.87. The van der Waals surface area contributed by atoms with E-state index >= 15 is 0 Å². The first-order valence-electron chi connectivity index (χ1n) is 5.98. The second-order valence-corrected chi connectivity index (χ2v) is 4.66. The van der Waals surface area contributed by atoms with Crippen LogP contribution in [0.25, 0.3) is 0 Å². The van der Waals surface area contributed by atoms with Gasteiger partial charge in [0.05, 0.1) is 12.2 Å². The number of benzene rings is 1. The second-order valence-electron chi connectivity index (χ2n) is 4.66. The summed E-state index contributed by atoms with van der Waals surface area (Å²) in [6, 6.07) is 4.05. The maximum absolute atomic E-state index is 5.87. The topological polar surface area (TPSA) is 53.7 Å². The number of rotatable bonds is 1. The van der Waals surface area contributed by atoms with Crippen LogP contribution in [0.4, 0.5) is 0 Å². The molecule has 5 heteroatoms. The van der Waals surface area contributed by atoms with Crippen molar-refractivity contribution in [2.75, 3.05) is 13.2 Å². The Bertz CT molecular complexity index is 452. The van der Waals surface area contributed by atoms with Gasteiger partial charge in [0.15, 0.2) is 0 Å². The van der Waals surface area contributed by atoms with Crippen molar-refractivity contribution in [3.05, 3.63) is 23.3 Å². The number of nitrogens with two attached hydrogens (primary N) is 1. The lowest BCUT2D eigenvalue weighted by molar-refractivity contribution is 0.101. The van der Waals surface area contributed by atoms with E-state index in [2.05, 4.69) is 13.0 Å². The molecule has 2 atom stereocenters. The zero-order valence-corrected chi connectivity index (χ0v) is 10.1. The standard InChI is InChI=1S/C12H16BNO3/c1-7-3-4-9-12-11(7)10(5-14)17-13(12)16-8(2)6-15-9/h3-4,8,10H,5-6,14H2,1-2H3/t8?,10-/m1/s1. The highest BCUT2D eigenvalue weighted by Crippen LogP contribution is 2.32. The van der Waals surface area contributed by atoms with Crippen LogP contribution in [0.15, 0.2) is 12.1 Å². The van der Waals surface area contributed by atoms with Gasteiger partial charge in [0, 0.05) is 12.0 Å². The minimum Gasteiger partial charge on any atom is -0.491 e. The maximum Gasteiger partial charge on any atom is 0.498 e. The highest BCUT2D eigenvalue weighted by Gasteiger charge is 2.43. The molecule has 17 heavy (non-hydrogen) atoms. The normalized spacial score (nSPS) is 26.4. The SMILES string of the molecule is Cc1ccc2c3c1[C@@H](CN)OB3OC(C)CO2. The molecular weight excluding hydrogens is 217 g/mol. The molecule has 0 amide bonds. The van der Waals surface area contributed by atoms with Gasteiger partial charge in [0.2, 0.25) is 0 Å². The quantitative estimate of drug-likeness (QED) is 0.718. The van der Waals surface area contributed by atoms with Crippen molar-refractivity contribution in [2.45, 2.75) is 26.1 Å². The molecule has 90 valence electrons. The molecule has 0 saturated carbocycles. The summed E-state index contributed by atoms with van der Waals surface area (Å²) in [6.07, 6.45) is -0.0547. The van der Waals surface area contributed by atoms with Crippen LogP contribution in [0.1, 0.15) is 24.2 Å². The van der Waals surface area contributed by atoms with Crippen LogP contribution < -0.4 is 15.9 Å². The molecule has 0 aliphatic carbocycles. The van der Waals surface area contributed by atoms with Crippen molar-refractivity contribution in [2.24, 2.45) is 5.73 Å². The summed E-state index contributed by atoms with van der Waals surface area (Å²) in [5.41, 5.74) is 9.12. The highest BCUT2D eigenvalue weighted by atomic mass is 16.6. The van der Waals surface area contributed by atoms with Gasteiger partial charge in [-0.05, 0) is 31.0 Å². The predicted molar refractivity (Wildman–Crippen MR) is 65.5 cm³/mol. The molecule has 0 aromatic heterocycles. The fourth-order valence-electron chi connectivity index (χ4n) is 2.54. The lowest BCUT2D eigenvalue weighted by Crippen LogP contribution is -2.34. The summed E-state index contributed by atoms with van der Waals surface area (Å²) in [5.74, 6) is 0.871. The summed E-state index contributed by atoms with van der Waals surface area (Å²) in [7, 11) is -0.328. The Morgan fingerprint density at radius 3 is 3.00 bits per heavy atom. The monoisotopic (exact) mass is 233 g/mol. The van der Waals surface area contributed by atoms with Gasteiger partial charge in [-0.2, -0.15) is 0 Å². The molecule has 2 heterocycles. The van der Waals surface area contributed by atoms with E-state index in [1.54, 1.807) is 0 Å². The molecule has 1 aromatic carbocycles. The molecule has 0 spiro atoms. The molecule has 4 nitrogen and oxygen atoms in total. The van der Waals surface area contributed by atoms with E-state index < -0.39 is 0 Å². The largest absolute Gasteiger partial charge is 0.498 e. The second kappa shape index (κ2) is 4.01. The van der Waals surface area contributed by atoms with Gasteiger partial charge in [-0.3, -0.25) is 0 Å². The minimum absolute atomic E-state index is 0.0251. The van der Waals surface area contributed by atoms with E-state index in [1.165, 1.54) is 5.56 Å². The summed E-state index contributed by atoms with van der Waals surface area (Å²) in [6.45, 7) is 5.07. The van der Waals surface area contributed by atoms with Crippen LogP contribution in [0.2, 0.25) is 0 Å². The molecule has 0 fully saturated rings. The van der Waals surface area contributed by atoms with Crippen LogP contribution in [0, 0.1) is 6.92 Å². The molecule has 2 aliphatic rings. The summed E-state index contributed by atoms with van der Waals surface area (Å²) < 4.78 is 17.4. The number of aryl methyl sites for hydroxylation is 1. The fraction of sp³-hybridized carbons (Fsp3) is 0.500. The van der Waals surface area contributed by atoms with Gasteiger partial charge >= 0.3 is 7.12 Å². The van der Waals surface area contributed by atoms with Crippen molar-refractivity contribution in [3.63, 3.8) is 0 Å². The zero-order valence-electron chi connectivity index (χ0n) is 10.1. The molecule has 0 saturated heterocycles. The molecule has 0 radical (unpaired) electrons. The predicted octanol–water partition coefficient (Wildman–Crippen LogP) is 0.518. The highest BCUT2D eigenvalue weighted by molar-refractivity contribution is 6.64. The average molecular weight is 233 g/mol. The van der Waals surface area contributed by atoms with Crippen molar-refractivity contribution < 1.29 is 14.0 Å². The first-order valence-corrected chi connectivity index (χ1v) is 5.98. The molecule has 2 N–H and O–H groups in total. The Morgan fingerprint density at radius 2 is 2.24 bits per heavy atom. The zero-order chi connectivity index (χ0) is 12.0. The lowest BCUT2D eigenvalue weighted by Gasteiger charge is -2.16. The lowest BCUT2D eigenvalue weighted by atomic mass is 9.76. The third kappa shape index (κ3) is 1.66. The molecule has 0 bridgehead atoms. The van der Waals surface area contributed by atoms with Gasteiger partial charge in [0.1, 0.15) is 12.4 Å². The van der Waals surface area contributed by atoms with Crippen LogP contribution in [-0.4, -0.2) is 26.4 Å². The number of ether oxygens (including phenoxy) is 1. The Morgan fingerprint density at radius 1 is 1.41 bits per heavy atom. The first kappa shape index (κ1) is 11.1. The Balaban J connectivity index is 2.14. The average Bonchev–Trinajstić information content (AvgIpc) is 2.60. The number of hydrogen-bond donors (Lipinski definition) is 1. The van der Waals surface area contributed by atoms with Crippen molar-refractivity contribution in [1.29, 1.82) is 0 Å². The summed E-state index contributed by atoms with van der Waals surface area (Å²) >= 11 is 0. The van der Waals surface area contributed by atoms with E-state index in [1.807, 2.05) is 13.0 Å². The van der Waals surface area contributed by atoms with E-state index in [0.717, 1.165) is 16.8 Å². The minimum atomic E-state index is -0.328. The third-order valence-electron chi connectivity index (χ3n) is 3.35. The van der Waals surface area contributed by atoms with E-state index in [0.29, 0.717) is 13.2 Å². The summed E-state index contributed by atoms with van der Waals surface area (Å²) in [5, 5.41) is 0. The van der Waals surface area contributed by atoms with E-state index in [-0.39, 0.29) is 19.3 Å². The Kier molecular flexibility index (Phi) is 2.62. The fourth-order valence-corrected chi connectivity index (χ4v) is 2.54. The van der Waals surface area contributed by atoms with E-state index in [4.69, 9.17) is 19.8 Å². The number of hydrogen-bond acceptors (Lipinski definition) is 4. The van der Waals surface area contributed by atoms with E-state index in [9.17, 15) is 0 Å². The van der Waals surface area contributed by atoms with Crippen LogP contribution in [-0.2, 0) is 9.31 Å². The first-order chi connectivity index (χ1) is 8.20. The molecule has 2 aliphatic heterocycles. The van der Waals surface area contributed by atoms with Crippen LogP contribution >= 0.6 is 0 Å². The van der Waals surface area contributed by atoms with Gasteiger partial charge in [-0.1, -0.05) is 6.07 Å². The molecule has 1 unspecified atom stereocenters. The Labute approximate surface area is 101 Å². The Hall–Kier alpha value is -1.04. The van der Waals surface area contributed by atoms with Gasteiger partial charge in [-0.15, -0.1) is 0 Å². The smallest absolute Gasteiger partial charge is 0.491 e. The molecule has 1 aromatic rings. The van der Waals surface area contributed by atoms with Crippen LogP contribution in [0.5, 0.6) is 5.75 Å². The third-order valence-corrected chi connectivity index (χ3v) is 3.35. The van der Waals surface area contributed by atoms with Gasteiger partial charge < -0.3 is 19.8 Å². The summed E-state index contributed by atoms with van der Waals surface area (Å²) in [4.78, 5) is 0. The van der Waals surface area contributed by atoms with Crippen molar-refractivity contribution in [3.8, 4) is 5.75 Å². The van der Waals surface area contributed by atoms with Crippen LogP contribution in [0.3, 0.4) is 0 Å². The molecular formula is C12H16BNO3.